The molecule has 156 valence electrons. The molecule has 1 amide bonds. The number of rotatable bonds is 2. The van der Waals surface area contributed by atoms with Crippen molar-refractivity contribution in [2.45, 2.75) is 57.0 Å². The van der Waals surface area contributed by atoms with Gasteiger partial charge in [0.25, 0.3) is 0 Å². The number of pyridine rings is 1. The average molecular weight is 411 g/mol. The van der Waals surface area contributed by atoms with E-state index in [1.807, 2.05) is 0 Å². The number of amides is 1. The number of aromatic nitrogens is 1. The molecule has 28 heavy (non-hydrogen) atoms. The summed E-state index contributed by atoms with van der Waals surface area (Å²) in [6, 6.07) is 0.240. The van der Waals surface area contributed by atoms with Crippen LogP contribution in [0.25, 0.3) is 0 Å². The summed E-state index contributed by atoms with van der Waals surface area (Å²) in [4.78, 5) is 14.1. The van der Waals surface area contributed by atoms with Crippen LogP contribution < -0.4 is 10.5 Å². The highest BCUT2D eigenvalue weighted by Crippen LogP contribution is 2.47. The van der Waals surface area contributed by atoms with E-state index in [1.54, 1.807) is 0 Å². The predicted octanol–water partition coefficient (Wildman–Crippen LogP) is 2.67. The third-order valence-corrected chi connectivity index (χ3v) is 5.46. The summed E-state index contributed by atoms with van der Waals surface area (Å²) >= 11 is 0. The molecule has 3 rings (SSSR count). The Morgan fingerprint density at radius 3 is 2.54 bits per heavy atom. The Bertz CT molecular complexity index is 779. The SMILES string of the molecule is NC1CCC(CC(F)(F)F)(C(=O)N2CCc3c(cc(C(F)(F)F)c[n+]3[O-])C2)C1. The van der Waals surface area contributed by atoms with Crippen molar-refractivity contribution in [3.8, 4) is 0 Å². The summed E-state index contributed by atoms with van der Waals surface area (Å²) in [5.74, 6) is -0.765. The number of hydrogen-bond donors (Lipinski definition) is 1. The summed E-state index contributed by atoms with van der Waals surface area (Å²) < 4.78 is 78.3. The number of hydrogen-bond acceptors (Lipinski definition) is 3. The smallest absolute Gasteiger partial charge is 0.422 e. The molecular formula is C17H19F6N3O2. The van der Waals surface area contributed by atoms with Gasteiger partial charge in [-0.2, -0.15) is 31.1 Å². The second-order valence-electron chi connectivity index (χ2n) is 7.58. The highest BCUT2D eigenvalue weighted by atomic mass is 19.4. The lowest BCUT2D eigenvalue weighted by Crippen LogP contribution is -2.49. The zero-order valence-corrected chi connectivity index (χ0v) is 14.7. The monoisotopic (exact) mass is 411 g/mol. The third kappa shape index (κ3) is 4.03. The molecule has 5 nitrogen and oxygen atoms in total. The first-order valence-electron chi connectivity index (χ1n) is 8.75. The van der Waals surface area contributed by atoms with Crippen LogP contribution >= 0.6 is 0 Å². The number of fused-ring (bicyclic) bond motifs is 1. The third-order valence-electron chi connectivity index (χ3n) is 5.46. The van der Waals surface area contributed by atoms with Gasteiger partial charge in [-0.3, -0.25) is 4.79 Å². The first-order chi connectivity index (χ1) is 12.8. The van der Waals surface area contributed by atoms with Gasteiger partial charge in [-0.15, -0.1) is 0 Å². The van der Waals surface area contributed by atoms with E-state index in [2.05, 4.69) is 0 Å². The molecular weight excluding hydrogens is 392 g/mol. The van der Waals surface area contributed by atoms with Gasteiger partial charge in [0, 0.05) is 18.2 Å². The summed E-state index contributed by atoms with van der Waals surface area (Å²) in [5.41, 5.74) is 2.97. The van der Waals surface area contributed by atoms with Gasteiger partial charge >= 0.3 is 12.4 Å². The molecule has 1 saturated carbocycles. The molecule has 0 aromatic carbocycles. The van der Waals surface area contributed by atoms with Crippen LogP contribution in [0.3, 0.4) is 0 Å². The molecule has 1 aliphatic carbocycles. The van der Waals surface area contributed by atoms with Crippen molar-refractivity contribution in [3.05, 3.63) is 34.3 Å². The normalized spacial score (nSPS) is 25.7. The van der Waals surface area contributed by atoms with E-state index in [1.165, 1.54) is 0 Å². The first kappa shape index (κ1) is 20.7. The van der Waals surface area contributed by atoms with Gasteiger partial charge in [0.15, 0.2) is 11.9 Å². The Morgan fingerprint density at radius 2 is 2.00 bits per heavy atom. The quantitative estimate of drug-likeness (QED) is 0.462. The fourth-order valence-corrected chi connectivity index (χ4v) is 4.23. The van der Waals surface area contributed by atoms with Crippen molar-refractivity contribution >= 4 is 5.91 Å². The zero-order valence-electron chi connectivity index (χ0n) is 14.7. The minimum atomic E-state index is -4.75. The van der Waals surface area contributed by atoms with Crippen molar-refractivity contribution in [3.63, 3.8) is 0 Å². The molecule has 0 spiro atoms. The van der Waals surface area contributed by atoms with E-state index >= 15 is 0 Å². The van der Waals surface area contributed by atoms with E-state index < -0.39 is 41.7 Å². The van der Waals surface area contributed by atoms with Crippen molar-refractivity contribution < 1.29 is 35.9 Å². The van der Waals surface area contributed by atoms with Gasteiger partial charge in [0.05, 0.1) is 24.8 Å². The van der Waals surface area contributed by atoms with E-state index in [4.69, 9.17) is 5.73 Å². The molecule has 1 aromatic rings. The molecule has 0 saturated heterocycles. The van der Waals surface area contributed by atoms with Gasteiger partial charge in [-0.25, -0.2) is 0 Å². The van der Waals surface area contributed by atoms with E-state index in [0.717, 1.165) is 11.0 Å². The molecule has 2 unspecified atom stereocenters. The topological polar surface area (TPSA) is 73.3 Å². The highest BCUT2D eigenvalue weighted by molar-refractivity contribution is 5.83. The Morgan fingerprint density at radius 1 is 1.32 bits per heavy atom. The van der Waals surface area contributed by atoms with Crippen LogP contribution in [0.15, 0.2) is 12.3 Å². The lowest BCUT2D eigenvalue weighted by Gasteiger charge is -2.37. The standard InChI is InChI=1S/C17H19F6N3O2/c18-16(19,20)9-15(3-1-12(24)6-15)14(27)25-4-2-13-10(7-25)5-11(8-26(13)28)17(21,22)23/h5,8,12H,1-4,6-7,9,24H2. The predicted molar refractivity (Wildman–Crippen MR) is 84.5 cm³/mol. The number of alkyl halides is 6. The molecule has 2 atom stereocenters. The molecule has 2 aliphatic rings. The molecule has 2 heterocycles. The van der Waals surface area contributed by atoms with Gasteiger partial charge in [-0.1, -0.05) is 0 Å². The van der Waals surface area contributed by atoms with Gasteiger partial charge in [0.1, 0.15) is 5.56 Å². The molecule has 0 radical (unpaired) electrons. The minimum Gasteiger partial charge on any atom is -0.618 e. The van der Waals surface area contributed by atoms with Crippen molar-refractivity contribution in [1.82, 2.24) is 4.90 Å². The molecule has 1 fully saturated rings. The Balaban J connectivity index is 1.90. The van der Waals surface area contributed by atoms with E-state index in [0.29, 0.717) is 6.20 Å². The Labute approximate surface area is 156 Å². The first-order valence-corrected chi connectivity index (χ1v) is 8.75. The largest absolute Gasteiger partial charge is 0.618 e. The van der Waals surface area contributed by atoms with Gasteiger partial charge in [0.2, 0.25) is 5.91 Å². The second kappa shape index (κ2) is 6.78. The van der Waals surface area contributed by atoms with E-state index in [9.17, 15) is 36.3 Å². The van der Waals surface area contributed by atoms with Gasteiger partial charge < -0.3 is 15.8 Å². The summed E-state index contributed by atoms with van der Waals surface area (Å²) in [5, 5.41) is 11.9. The maximum absolute atomic E-state index is 13.1. The lowest BCUT2D eigenvalue weighted by molar-refractivity contribution is -0.616. The Hall–Kier alpha value is -2.04. The average Bonchev–Trinajstić information content (AvgIpc) is 2.92. The van der Waals surface area contributed by atoms with Crippen LogP contribution in [0.5, 0.6) is 0 Å². The number of nitrogens with two attached hydrogens (primary N) is 1. The van der Waals surface area contributed by atoms with Crippen LogP contribution in [0, 0.1) is 10.6 Å². The summed E-state index contributed by atoms with van der Waals surface area (Å²) in [7, 11) is 0. The van der Waals surface area contributed by atoms with Crippen LogP contribution in [0.1, 0.15) is 42.5 Å². The second-order valence-corrected chi connectivity index (χ2v) is 7.58. The molecule has 1 aromatic heterocycles. The van der Waals surface area contributed by atoms with Crippen molar-refractivity contribution in [2.75, 3.05) is 6.54 Å². The molecule has 1 aliphatic heterocycles. The molecule has 0 bridgehead atoms. The molecule has 2 N–H and O–H groups in total. The van der Waals surface area contributed by atoms with Crippen molar-refractivity contribution in [2.24, 2.45) is 11.1 Å². The number of carbonyl (C=O) groups excluding carboxylic acids is 1. The number of halogens is 6. The minimum absolute atomic E-state index is 0.00567. The van der Waals surface area contributed by atoms with Crippen LogP contribution in [0.4, 0.5) is 26.3 Å². The van der Waals surface area contributed by atoms with Crippen LogP contribution in [0.2, 0.25) is 0 Å². The number of carbonyl (C=O) groups is 1. The van der Waals surface area contributed by atoms with E-state index in [-0.39, 0.29) is 54.8 Å². The Kier molecular flexibility index (Phi) is 5.01. The van der Waals surface area contributed by atoms with Crippen LogP contribution in [-0.4, -0.2) is 29.6 Å². The summed E-state index contributed by atoms with van der Waals surface area (Å²) in [6.45, 7) is -0.372. The maximum atomic E-state index is 13.1. The molecule has 11 heteroatoms. The lowest BCUT2D eigenvalue weighted by atomic mass is 9.80. The highest BCUT2D eigenvalue weighted by Gasteiger charge is 2.53. The number of nitrogens with zero attached hydrogens (tertiary/aromatic N) is 2. The zero-order chi connectivity index (χ0) is 20.9. The summed E-state index contributed by atoms with van der Waals surface area (Å²) in [6.07, 6.45) is -10.1. The fourth-order valence-electron chi connectivity index (χ4n) is 4.23. The van der Waals surface area contributed by atoms with Crippen LogP contribution in [-0.2, 0) is 23.9 Å². The fraction of sp³-hybridized carbons (Fsp3) is 0.647. The van der Waals surface area contributed by atoms with Gasteiger partial charge in [-0.05, 0) is 25.3 Å². The maximum Gasteiger partial charge on any atom is 0.422 e. The van der Waals surface area contributed by atoms with Crippen molar-refractivity contribution in [1.29, 1.82) is 0 Å².